The topological polar surface area (TPSA) is 131 Å². The van der Waals surface area contributed by atoms with Crippen LogP contribution in [0.3, 0.4) is 0 Å². The maximum absolute atomic E-state index is 13.3. The lowest BCUT2D eigenvalue weighted by Gasteiger charge is -2.25. The van der Waals surface area contributed by atoms with Crippen LogP contribution in [-0.4, -0.2) is 47.7 Å². The zero-order valence-corrected chi connectivity index (χ0v) is 22.9. The van der Waals surface area contributed by atoms with Crippen LogP contribution in [0.2, 0.25) is 0 Å². The molecule has 3 aromatic rings. The van der Waals surface area contributed by atoms with Gasteiger partial charge in [0.05, 0.1) is 12.3 Å². The predicted octanol–water partition coefficient (Wildman–Crippen LogP) is 4.56. The molecule has 0 aliphatic heterocycles. The Hall–Kier alpha value is -4.92. The highest BCUT2D eigenvalue weighted by molar-refractivity contribution is 5.90. The highest BCUT2D eigenvalue weighted by Crippen LogP contribution is 2.44. The first-order valence-electron chi connectivity index (χ1n) is 13.9. The summed E-state index contributed by atoms with van der Waals surface area (Å²) in [5.41, 5.74) is 5.04. The minimum absolute atomic E-state index is 0.0185. The van der Waals surface area contributed by atoms with Gasteiger partial charge in [-0.25, -0.2) is 4.79 Å². The highest BCUT2D eigenvalue weighted by Gasteiger charge is 2.32. The number of alkyl carbamates (subject to hydrolysis) is 1. The van der Waals surface area contributed by atoms with Crippen molar-refractivity contribution in [3.8, 4) is 11.1 Å². The molecule has 5 rings (SSSR count). The van der Waals surface area contributed by atoms with E-state index in [1.807, 2.05) is 66.7 Å². The van der Waals surface area contributed by atoms with Crippen molar-refractivity contribution in [2.24, 2.45) is 5.92 Å². The largest absolute Gasteiger partial charge is 0.481 e. The van der Waals surface area contributed by atoms with Gasteiger partial charge in [0.15, 0.2) is 0 Å². The van der Waals surface area contributed by atoms with E-state index < -0.39 is 48.4 Å². The summed E-state index contributed by atoms with van der Waals surface area (Å²) in [5.74, 6) is -3.07. The van der Waals surface area contributed by atoms with Gasteiger partial charge in [0.1, 0.15) is 19.3 Å². The summed E-state index contributed by atoms with van der Waals surface area (Å²) in [7, 11) is 0. The Bertz CT molecular complexity index is 1440. The van der Waals surface area contributed by atoms with Gasteiger partial charge in [0, 0.05) is 12.0 Å². The molecule has 216 valence electrons. The number of amides is 2. The minimum Gasteiger partial charge on any atom is -0.481 e. The van der Waals surface area contributed by atoms with Gasteiger partial charge in [-0.15, -0.1) is 0 Å². The maximum Gasteiger partial charge on any atom is 0.407 e. The molecule has 0 saturated carbocycles. The molecule has 0 aromatic heterocycles. The quantitative estimate of drug-likeness (QED) is 0.241. The Morgan fingerprint density at radius 2 is 1.50 bits per heavy atom. The molecule has 3 aromatic carbocycles. The minimum atomic E-state index is -1.29. The number of carboxylic acid groups (broad SMARTS) is 1. The number of fused-ring (bicyclic) bond motifs is 3. The molecule has 0 unspecified atom stereocenters. The second-order valence-electron chi connectivity index (χ2n) is 10.4. The van der Waals surface area contributed by atoms with Crippen molar-refractivity contribution in [2.75, 3.05) is 6.61 Å². The summed E-state index contributed by atoms with van der Waals surface area (Å²) >= 11 is 0. The molecular formula is C33H32N2O7. The molecule has 42 heavy (non-hydrogen) atoms. The van der Waals surface area contributed by atoms with Gasteiger partial charge in [0.25, 0.3) is 0 Å². The molecule has 9 nitrogen and oxygen atoms in total. The zero-order chi connectivity index (χ0) is 29.5. The number of aliphatic carboxylic acids is 1. The van der Waals surface area contributed by atoms with Crippen molar-refractivity contribution in [3.63, 3.8) is 0 Å². The van der Waals surface area contributed by atoms with Crippen molar-refractivity contribution >= 4 is 23.9 Å². The summed E-state index contributed by atoms with van der Waals surface area (Å²) in [6.07, 6.45) is 2.71. The molecule has 0 heterocycles. The fraction of sp³-hybridized carbons (Fsp3) is 0.273. The zero-order valence-electron chi connectivity index (χ0n) is 22.9. The van der Waals surface area contributed by atoms with Gasteiger partial charge in [-0.2, -0.15) is 0 Å². The van der Waals surface area contributed by atoms with Crippen LogP contribution in [0.1, 0.15) is 41.9 Å². The molecule has 3 atom stereocenters. The van der Waals surface area contributed by atoms with Crippen LogP contribution in [0.5, 0.6) is 0 Å². The fourth-order valence-electron chi connectivity index (χ4n) is 5.44. The number of carboxylic acids is 1. The first-order valence-corrected chi connectivity index (χ1v) is 13.9. The number of hydrogen-bond donors (Lipinski definition) is 3. The van der Waals surface area contributed by atoms with Crippen molar-refractivity contribution in [2.45, 2.75) is 43.9 Å². The number of allylic oxidation sites excluding steroid dienone is 1. The van der Waals surface area contributed by atoms with Crippen LogP contribution in [0.15, 0.2) is 91.0 Å². The molecular weight excluding hydrogens is 536 g/mol. The van der Waals surface area contributed by atoms with Gasteiger partial charge >= 0.3 is 18.0 Å². The summed E-state index contributed by atoms with van der Waals surface area (Å²) in [6, 6.07) is 23.1. The molecule has 3 N–H and O–H groups in total. The van der Waals surface area contributed by atoms with Crippen LogP contribution in [0, 0.1) is 5.92 Å². The molecule has 9 heteroatoms. The number of benzene rings is 3. The Kier molecular flexibility index (Phi) is 8.96. The smallest absolute Gasteiger partial charge is 0.407 e. The third-order valence-electron chi connectivity index (χ3n) is 7.57. The number of carbonyl (C=O) groups excluding carboxylic acids is 3. The van der Waals surface area contributed by atoms with Crippen LogP contribution >= 0.6 is 0 Å². The normalized spacial score (nSPS) is 17.8. The Morgan fingerprint density at radius 1 is 0.857 bits per heavy atom. The molecule has 0 spiro atoms. The van der Waals surface area contributed by atoms with Crippen LogP contribution in [-0.2, 0) is 30.5 Å². The fourth-order valence-corrected chi connectivity index (χ4v) is 5.44. The predicted molar refractivity (Wildman–Crippen MR) is 154 cm³/mol. The van der Waals surface area contributed by atoms with Crippen molar-refractivity contribution < 1.29 is 33.8 Å². The average molecular weight is 569 g/mol. The number of carbonyl (C=O) groups is 4. The monoisotopic (exact) mass is 568 g/mol. The van der Waals surface area contributed by atoms with Crippen molar-refractivity contribution in [3.05, 3.63) is 108 Å². The number of nitrogens with one attached hydrogen (secondary N) is 2. The number of hydrogen-bond acceptors (Lipinski definition) is 6. The standard InChI is InChI=1S/C33H32N2O7/c36-30(41-19-21-9-2-1-3-10-21)18-29(31(37)34-23-12-8-11-22(17-23)32(38)39)35-33(40)42-20-28-26-15-6-4-13-24(26)25-14-5-7-16-27(25)28/h1-10,12-16,22-23,28-29H,11,17-20H2,(H,34,37)(H,35,40)(H,38,39)/t22-,23-,29+/m1/s1. The maximum atomic E-state index is 13.3. The van der Waals surface area contributed by atoms with E-state index in [0.717, 1.165) is 27.8 Å². The van der Waals surface area contributed by atoms with Crippen molar-refractivity contribution in [1.29, 1.82) is 0 Å². The lowest BCUT2D eigenvalue weighted by molar-refractivity contribution is -0.147. The van der Waals surface area contributed by atoms with Gasteiger partial charge in [-0.05, 0) is 40.7 Å². The van der Waals surface area contributed by atoms with Crippen LogP contribution < -0.4 is 10.6 Å². The third-order valence-corrected chi connectivity index (χ3v) is 7.57. The average Bonchev–Trinajstić information content (AvgIpc) is 3.33. The lowest BCUT2D eigenvalue weighted by Crippen LogP contribution is -2.51. The Balaban J connectivity index is 1.24. The lowest BCUT2D eigenvalue weighted by atomic mass is 9.91. The summed E-state index contributed by atoms with van der Waals surface area (Å²) in [4.78, 5) is 50.4. The van der Waals surface area contributed by atoms with E-state index in [4.69, 9.17) is 9.47 Å². The van der Waals surface area contributed by atoms with E-state index in [9.17, 15) is 24.3 Å². The van der Waals surface area contributed by atoms with E-state index in [1.54, 1.807) is 24.3 Å². The third kappa shape index (κ3) is 6.86. The molecule has 0 bridgehead atoms. The second-order valence-corrected chi connectivity index (χ2v) is 10.4. The van der Waals surface area contributed by atoms with Crippen LogP contribution in [0.4, 0.5) is 4.79 Å². The van der Waals surface area contributed by atoms with Gasteiger partial charge in [-0.3, -0.25) is 14.4 Å². The SMILES string of the molecule is O=C(C[C@H](NC(=O)OCC1c2ccccc2-c2ccccc21)C(=O)N[C@@H]1C=CC[C@@H](C(=O)O)C1)OCc1ccccc1. The van der Waals surface area contributed by atoms with Crippen LogP contribution in [0.25, 0.3) is 11.1 Å². The molecule has 2 amide bonds. The second kappa shape index (κ2) is 13.2. The number of ether oxygens (including phenoxy) is 2. The van der Waals surface area contributed by atoms with E-state index >= 15 is 0 Å². The highest BCUT2D eigenvalue weighted by atomic mass is 16.5. The molecule has 0 fully saturated rings. The summed E-state index contributed by atoms with van der Waals surface area (Å²) < 4.78 is 10.9. The van der Waals surface area contributed by atoms with Gasteiger partial charge in [-0.1, -0.05) is 91.0 Å². The molecule has 2 aliphatic carbocycles. The number of rotatable bonds is 10. The van der Waals surface area contributed by atoms with Crippen molar-refractivity contribution in [1.82, 2.24) is 10.6 Å². The molecule has 0 saturated heterocycles. The van der Waals surface area contributed by atoms with Gasteiger partial charge in [0.2, 0.25) is 5.91 Å². The van der Waals surface area contributed by atoms with E-state index in [-0.39, 0.29) is 25.6 Å². The van der Waals surface area contributed by atoms with E-state index in [0.29, 0.717) is 6.42 Å². The molecule has 2 aliphatic rings. The Morgan fingerprint density at radius 3 is 2.17 bits per heavy atom. The van der Waals surface area contributed by atoms with Gasteiger partial charge < -0.3 is 25.2 Å². The summed E-state index contributed by atoms with van der Waals surface area (Å²) in [5, 5.41) is 14.7. The summed E-state index contributed by atoms with van der Waals surface area (Å²) in [6.45, 7) is 0.0585. The molecule has 0 radical (unpaired) electrons. The van der Waals surface area contributed by atoms with E-state index in [2.05, 4.69) is 10.6 Å². The van der Waals surface area contributed by atoms with E-state index in [1.165, 1.54) is 0 Å². The number of esters is 1. The first kappa shape index (κ1) is 28.6. The first-order chi connectivity index (χ1) is 20.4. The Labute approximate surface area is 243 Å².